The molecular weight excluding hydrogens is 182 g/mol. The van der Waals surface area contributed by atoms with Crippen LogP contribution in [0.3, 0.4) is 0 Å². The second kappa shape index (κ2) is 3.49. The summed E-state index contributed by atoms with van der Waals surface area (Å²) in [7, 11) is 2.26. The van der Waals surface area contributed by atoms with Gasteiger partial charge < -0.3 is 0 Å². The minimum absolute atomic E-state index is 0.693. The maximum absolute atomic E-state index is 2.53. The van der Waals surface area contributed by atoms with E-state index in [1.807, 2.05) is 0 Å². The molecule has 78 valence electrons. The molecule has 2 heterocycles. The Morgan fingerprint density at radius 1 is 1.13 bits per heavy atom. The Morgan fingerprint density at radius 2 is 1.93 bits per heavy atom. The Labute approximate surface area is 91.4 Å². The minimum Gasteiger partial charge on any atom is -0.297 e. The van der Waals surface area contributed by atoms with Crippen molar-refractivity contribution in [3.63, 3.8) is 0 Å². The van der Waals surface area contributed by atoms with Gasteiger partial charge in [-0.2, -0.15) is 0 Å². The van der Waals surface area contributed by atoms with Crippen LogP contribution >= 0.6 is 0 Å². The summed E-state index contributed by atoms with van der Waals surface area (Å²) in [6, 6.07) is 12.3. The average Bonchev–Trinajstić information content (AvgIpc) is 2.54. The average molecular weight is 199 g/mol. The van der Waals surface area contributed by atoms with Crippen molar-refractivity contribution >= 4 is 5.57 Å². The van der Waals surface area contributed by atoms with Gasteiger partial charge in [-0.05, 0) is 37.4 Å². The van der Waals surface area contributed by atoms with E-state index in [9.17, 15) is 0 Å². The molecule has 3 rings (SSSR count). The molecule has 1 aromatic rings. The van der Waals surface area contributed by atoms with Crippen molar-refractivity contribution in [2.24, 2.45) is 0 Å². The quantitative estimate of drug-likeness (QED) is 0.672. The van der Waals surface area contributed by atoms with Gasteiger partial charge in [0.15, 0.2) is 0 Å². The Kier molecular flexibility index (Phi) is 2.14. The molecule has 0 aromatic heterocycles. The van der Waals surface area contributed by atoms with E-state index >= 15 is 0 Å². The number of nitrogens with zero attached hydrogens (tertiary/aromatic N) is 1. The number of rotatable bonds is 1. The van der Waals surface area contributed by atoms with E-state index in [1.54, 1.807) is 5.57 Å². The zero-order valence-electron chi connectivity index (χ0n) is 9.19. The highest BCUT2D eigenvalue weighted by atomic mass is 15.2. The number of hydrogen-bond acceptors (Lipinski definition) is 1. The molecule has 2 aliphatic rings. The number of benzene rings is 1. The normalized spacial score (nSPS) is 30.3. The molecule has 2 aliphatic heterocycles. The van der Waals surface area contributed by atoms with Crippen LogP contribution in [-0.2, 0) is 0 Å². The van der Waals surface area contributed by atoms with Gasteiger partial charge in [-0.25, -0.2) is 0 Å². The topological polar surface area (TPSA) is 3.24 Å². The Hall–Kier alpha value is -1.08. The van der Waals surface area contributed by atoms with Crippen molar-refractivity contribution in [1.29, 1.82) is 0 Å². The summed E-state index contributed by atoms with van der Waals surface area (Å²) in [6.45, 7) is 0. The van der Waals surface area contributed by atoms with Gasteiger partial charge in [0.2, 0.25) is 0 Å². The van der Waals surface area contributed by atoms with E-state index in [0.717, 1.165) is 6.04 Å². The lowest BCUT2D eigenvalue weighted by atomic mass is 9.95. The lowest BCUT2D eigenvalue weighted by molar-refractivity contribution is 0.264. The summed E-state index contributed by atoms with van der Waals surface area (Å²) < 4.78 is 0. The molecule has 2 atom stereocenters. The zero-order valence-corrected chi connectivity index (χ0v) is 9.19. The highest BCUT2D eigenvalue weighted by Gasteiger charge is 2.33. The monoisotopic (exact) mass is 199 g/mol. The molecule has 0 aliphatic carbocycles. The maximum Gasteiger partial charge on any atom is 0.0284 e. The van der Waals surface area contributed by atoms with E-state index in [1.165, 1.54) is 24.8 Å². The second-order valence-corrected chi connectivity index (χ2v) is 4.73. The largest absolute Gasteiger partial charge is 0.297 e. The summed E-state index contributed by atoms with van der Waals surface area (Å²) in [5.74, 6) is 0. The van der Waals surface area contributed by atoms with Crippen LogP contribution in [0.2, 0.25) is 0 Å². The smallest absolute Gasteiger partial charge is 0.0284 e. The standard InChI is InChI=1S/C14H17N/c1-15-13-7-8-14(15)10-12(9-13)11-5-3-2-4-6-11/h2-6,9,13-14H,7-8,10H2,1H3/t13-,14+/m0/s1. The van der Waals surface area contributed by atoms with Crippen LogP contribution < -0.4 is 0 Å². The minimum atomic E-state index is 0.693. The van der Waals surface area contributed by atoms with Crippen LogP contribution in [0.25, 0.3) is 5.57 Å². The molecule has 0 amide bonds. The molecule has 0 unspecified atom stereocenters. The van der Waals surface area contributed by atoms with Crippen molar-refractivity contribution in [3.05, 3.63) is 42.0 Å². The number of fused-ring (bicyclic) bond motifs is 2. The summed E-state index contributed by atoms with van der Waals surface area (Å²) in [5.41, 5.74) is 2.98. The Balaban J connectivity index is 1.94. The maximum atomic E-state index is 2.53. The van der Waals surface area contributed by atoms with Gasteiger partial charge in [0.1, 0.15) is 0 Å². The summed E-state index contributed by atoms with van der Waals surface area (Å²) >= 11 is 0. The molecule has 0 radical (unpaired) electrons. The van der Waals surface area contributed by atoms with Gasteiger partial charge in [-0.1, -0.05) is 36.4 Å². The third kappa shape index (κ3) is 1.51. The van der Waals surface area contributed by atoms with Gasteiger partial charge in [-0.3, -0.25) is 4.90 Å². The van der Waals surface area contributed by atoms with Crippen LogP contribution in [0, 0.1) is 0 Å². The first-order valence-electron chi connectivity index (χ1n) is 5.82. The van der Waals surface area contributed by atoms with Gasteiger partial charge in [0.25, 0.3) is 0 Å². The molecule has 0 spiro atoms. The SMILES string of the molecule is CN1[C@@H]2CC[C@H]1C=C(c1ccccc1)C2. The van der Waals surface area contributed by atoms with Gasteiger partial charge in [0, 0.05) is 12.1 Å². The molecule has 1 nitrogen and oxygen atoms in total. The molecule has 15 heavy (non-hydrogen) atoms. The van der Waals surface area contributed by atoms with Crippen molar-refractivity contribution in [2.75, 3.05) is 7.05 Å². The fraction of sp³-hybridized carbons (Fsp3) is 0.429. The highest BCUT2D eigenvalue weighted by molar-refractivity contribution is 5.67. The first-order chi connectivity index (χ1) is 7.34. The van der Waals surface area contributed by atoms with E-state index < -0.39 is 0 Å². The van der Waals surface area contributed by atoms with E-state index in [4.69, 9.17) is 0 Å². The van der Waals surface area contributed by atoms with Gasteiger partial charge in [0.05, 0.1) is 0 Å². The lowest BCUT2D eigenvalue weighted by Gasteiger charge is -2.30. The summed E-state index contributed by atoms with van der Waals surface area (Å²) in [5, 5.41) is 0. The molecule has 1 saturated heterocycles. The predicted octanol–water partition coefficient (Wildman–Crippen LogP) is 2.94. The third-order valence-corrected chi connectivity index (χ3v) is 3.89. The lowest BCUT2D eigenvalue weighted by Crippen LogP contribution is -2.34. The van der Waals surface area contributed by atoms with Crippen molar-refractivity contribution in [2.45, 2.75) is 31.3 Å². The Morgan fingerprint density at radius 3 is 2.67 bits per heavy atom. The summed E-state index contributed by atoms with van der Waals surface area (Å²) in [4.78, 5) is 2.53. The van der Waals surface area contributed by atoms with Crippen LogP contribution in [0.5, 0.6) is 0 Å². The number of hydrogen-bond donors (Lipinski definition) is 0. The zero-order chi connectivity index (χ0) is 10.3. The molecule has 1 aromatic carbocycles. The number of likely N-dealkylation sites (N-methyl/N-ethyl adjacent to an activating group) is 1. The third-order valence-electron chi connectivity index (χ3n) is 3.89. The Bertz CT molecular complexity index is 380. The van der Waals surface area contributed by atoms with Crippen LogP contribution in [-0.4, -0.2) is 24.0 Å². The fourth-order valence-electron chi connectivity index (χ4n) is 2.91. The molecule has 1 heteroatoms. The fourth-order valence-corrected chi connectivity index (χ4v) is 2.91. The van der Waals surface area contributed by atoms with E-state index in [2.05, 4.69) is 48.4 Å². The summed E-state index contributed by atoms with van der Waals surface area (Å²) in [6.07, 6.45) is 6.42. The van der Waals surface area contributed by atoms with Crippen molar-refractivity contribution < 1.29 is 0 Å². The highest BCUT2D eigenvalue weighted by Crippen LogP contribution is 2.37. The van der Waals surface area contributed by atoms with Gasteiger partial charge in [-0.15, -0.1) is 0 Å². The molecule has 2 bridgehead atoms. The first kappa shape index (κ1) is 9.17. The molecular formula is C14H17N. The van der Waals surface area contributed by atoms with E-state index in [-0.39, 0.29) is 0 Å². The van der Waals surface area contributed by atoms with E-state index in [0.29, 0.717) is 6.04 Å². The molecule has 0 saturated carbocycles. The van der Waals surface area contributed by atoms with Crippen LogP contribution in [0.15, 0.2) is 36.4 Å². The van der Waals surface area contributed by atoms with Crippen molar-refractivity contribution in [3.8, 4) is 0 Å². The van der Waals surface area contributed by atoms with Crippen LogP contribution in [0.4, 0.5) is 0 Å². The van der Waals surface area contributed by atoms with Gasteiger partial charge >= 0.3 is 0 Å². The first-order valence-corrected chi connectivity index (χ1v) is 5.82. The van der Waals surface area contributed by atoms with Crippen LogP contribution in [0.1, 0.15) is 24.8 Å². The molecule has 1 fully saturated rings. The molecule has 0 N–H and O–H groups in total. The predicted molar refractivity (Wildman–Crippen MR) is 63.6 cm³/mol. The van der Waals surface area contributed by atoms with Crippen molar-refractivity contribution in [1.82, 2.24) is 4.90 Å². The second-order valence-electron chi connectivity index (χ2n) is 4.73.